The maximum absolute atomic E-state index is 5.49. The molecule has 0 radical (unpaired) electrons. The molecular weight excluding hydrogens is 240 g/mol. The van der Waals surface area contributed by atoms with Crippen LogP contribution in [0.2, 0.25) is 0 Å². The van der Waals surface area contributed by atoms with Crippen molar-refractivity contribution in [3.63, 3.8) is 0 Å². The van der Waals surface area contributed by atoms with E-state index in [1.54, 1.807) is 0 Å². The van der Waals surface area contributed by atoms with Gasteiger partial charge in [-0.25, -0.2) is 0 Å². The molecular formula is C14H30N4O. The standard InChI is InChI=1S/C14H30N4O/c1-6-12(2)17-13(15-3)16-11-14(18(4)5)7-9-19-10-8-14/h12H,6-11H2,1-5H3,(H2,15,16,17). The molecule has 5 nitrogen and oxygen atoms in total. The minimum atomic E-state index is 0.172. The molecule has 1 aliphatic rings. The summed E-state index contributed by atoms with van der Waals surface area (Å²) in [4.78, 5) is 6.61. The minimum Gasteiger partial charge on any atom is -0.381 e. The minimum absolute atomic E-state index is 0.172. The Hall–Kier alpha value is -0.810. The van der Waals surface area contributed by atoms with E-state index < -0.39 is 0 Å². The maximum atomic E-state index is 5.49. The molecule has 1 atom stereocenters. The van der Waals surface area contributed by atoms with Gasteiger partial charge in [-0.2, -0.15) is 0 Å². The van der Waals surface area contributed by atoms with Crippen molar-refractivity contribution in [2.24, 2.45) is 4.99 Å². The van der Waals surface area contributed by atoms with Gasteiger partial charge in [0.25, 0.3) is 0 Å². The van der Waals surface area contributed by atoms with Crippen molar-refractivity contribution in [3.8, 4) is 0 Å². The lowest BCUT2D eigenvalue weighted by Gasteiger charge is -2.43. The van der Waals surface area contributed by atoms with Gasteiger partial charge in [0.2, 0.25) is 0 Å². The molecule has 0 aromatic heterocycles. The Labute approximate surface area is 117 Å². The quantitative estimate of drug-likeness (QED) is 0.579. The summed E-state index contributed by atoms with van der Waals surface area (Å²) in [5.41, 5.74) is 0.172. The Morgan fingerprint density at radius 3 is 2.47 bits per heavy atom. The second-order valence-corrected chi connectivity index (χ2v) is 5.61. The van der Waals surface area contributed by atoms with E-state index in [-0.39, 0.29) is 5.54 Å². The highest BCUT2D eigenvalue weighted by Gasteiger charge is 2.34. The van der Waals surface area contributed by atoms with E-state index in [9.17, 15) is 0 Å². The van der Waals surface area contributed by atoms with Gasteiger partial charge in [0.15, 0.2) is 5.96 Å². The lowest BCUT2D eigenvalue weighted by atomic mass is 9.88. The third-order valence-electron chi connectivity index (χ3n) is 4.18. The summed E-state index contributed by atoms with van der Waals surface area (Å²) >= 11 is 0. The molecule has 1 unspecified atom stereocenters. The summed E-state index contributed by atoms with van der Waals surface area (Å²) in [6.45, 7) is 6.93. The van der Waals surface area contributed by atoms with Gasteiger partial charge in [0.1, 0.15) is 0 Å². The smallest absolute Gasteiger partial charge is 0.191 e. The molecule has 0 amide bonds. The molecule has 0 aromatic carbocycles. The summed E-state index contributed by atoms with van der Waals surface area (Å²) in [7, 11) is 6.12. The predicted molar refractivity (Wildman–Crippen MR) is 80.7 cm³/mol. The zero-order valence-electron chi connectivity index (χ0n) is 13.1. The van der Waals surface area contributed by atoms with Gasteiger partial charge < -0.3 is 20.3 Å². The molecule has 0 bridgehead atoms. The fraction of sp³-hybridized carbons (Fsp3) is 0.929. The summed E-state index contributed by atoms with van der Waals surface area (Å²) in [5.74, 6) is 0.891. The van der Waals surface area contributed by atoms with Crippen LogP contribution in [0.3, 0.4) is 0 Å². The first-order chi connectivity index (χ1) is 9.04. The van der Waals surface area contributed by atoms with Crippen LogP contribution in [0, 0.1) is 0 Å². The number of hydrogen-bond acceptors (Lipinski definition) is 3. The van der Waals surface area contributed by atoms with E-state index in [2.05, 4.69) is 48.5 Å². The number of ether oxygens (including phenoxy) is 1. The molecule has 112 valence electrons. The Balaban J connectivity index is 2.55. The number of nitrogens with zero attached hydrogens (tertiary/aromatic N) is 2. The zero-order valence-corrected chi connectivity index (χ0v) is 13.1. The van der Waals surface area contributed by atoms with Crippen LogP contribution in [0.1, 0.15) is 33.1 Å². The summed E-state index contributed by atoms with van der Waals surface area (Å²) in [6.07, 6.45) is 3.22. The van der Waals surface area contributed by atoms with Crippen LogP contribution >= 0.6 is 0 Å². The average molecular weight is 270 g/mol. The molecule has 0 aliphatic carbocycles. The first-order valence-electron chi connectivity index (χ1n) is 7.26. The van der Waals surface area contributed by atoms with Gasteiger partial charge in [-0.05, 0) is 40.3 Å². The molecule has 1 aliphatic heterocycles. The highest BCUT2D eigenvalue weighted by atomic mass is 16.5. The van der Waals surface area contributed by atoms with Crippen LogP contribution in [0.4, 0.5) is 0 Å². The second kappa shape index (κ2) is 7.70. The largest absolute Gasteiger partial charge is 0.381 e. The second-order valence-electron chi connectivity index (χ2n) is 5.61. The number of rotatable bonds is 5. The monoisotopic (exact) mass is 270 g/mol. The van der Waals surface area contributed by atoms with Crippen molar-refractivity contribution in [2.45, 2.75) is 44.7 Å². The topological polar surface area (TPSA) is 48.9 Å². The number of aliphatic imine (C=N–C) groups is 1. The van der Waals surface area contributed by atoms with Crippen LogP contribution in [-0.2, 0) is 4.74 Å². The van der Waals surface area contributed by atoms with Gasteiger partial charge in [-0.15, -0.1) is 0 Å². The molecule has 0 spiro atoms. The van der Waals surface area contributed by atoms with Gasteiger partial charge in [-0.3, -0.25) is 4.99 Å². The molecule has 1 heterocycles. The Morgan fingerprint density at radius 1 is 1.37 bits per heavy atom. The Kier molecular flexibility index (Phi) is 6.58. The van der Waals surface area contributed by atoms with E-state index in [0.717, 1.165) is 45.0 Å². The van der Waals surface area contributed by atoms with Crippen molar-refractivity contribution in [3.05, 3.63) is 0 Å². The SMILES string of the molecule is CCC(C)NC(=NC)NCC1(N(C)C)CCOCC1. The third kappa shape index (κ3) is 4.66. The molecule has 5 heteroatoms. The Morgan fingerprint density at radius 2 is 2.00 bits per heavy atom. The lowest BCUT2D eigenvalue weighted by molar-refractivity contribution is -0.00502. The number of guanidine groups is 1. The number of nitrogens with one attached hydrogen (secondary N) is 2. The van der Waals surface area contributed by atoms with Gasteiger partial charge in [0, 0.05) is 38.4 Å². The molecule has 1 saturated heterocycles. The highest BCUT2D eigenvalue weighted by molar-refractivity contribution is 5.80. The van der Waals surface area contributed by atoms with Gasteiger partial charge in [-0.1, -0.05) is 6.92 Å². The van der Waals surface area contributed by atoms with Gasteiger partial charge >= 0.3 is 0 Å². The molecule has 1 rings (SSSR count). The molecule has 2 N–H and O–H groups in total. The highest BCUT2D eigenvalue weighted by Crippen LogP contribution is 2.24. The van der Waals surface area contributed by atoms with E-state index in [1.807, 2.05) is 7.05 Å². The van der Waals surface area contributed by atoms with Crippen LogP contribution in [0.15, 0.2) is 4.99 Å². The van der Waals surface area contributed by atoms with Crippen molar-refractivity contribution in [2.75, 3.05) is 40.9 Å². The number of likely N-dealkylation sites (N-methyl/N-ethyl adjacent to an activating group) is 1. The zero-order chi connectivity index (χ0) is 14.3. The van der Waals surface area contributed by atoms with Crippen LogP contribution in [-0.4, -0.2) is 63.3 Å². The van der Waals surface area contributed by atoms with E-state index in [1.165, 1.54) is 0 Å². The summed E-state index contributed by atoms with van der Waals surface area (Å²) in [5, 5.41) is 6.87. The fourth-order valence-electron chi connectivity index (χ4n) is 2.31. The van der Waals surface area contributed by atoms with Crippen molar-refractivity contribution < 1.29 is 4.74 Å². The summed E-state index contributed by atoms with van der Waals surface area (Å²) < 4.78 is 5.49. The molecule has 19 heavy (non-hydrogen) atoms. The molecule has 0 saturated carbocycles. The van der Waals surface area contributed by atoms with Crippen molar-refractivity contribution in [1.82, 2.24) is 15.5 Å². The van der Waals surface area contributed by atoms with Crippen LogP contribution in [0.25, 0.3) is 0 Å². The average Bonchev–Trinajstić information content (AvgIpc) is 2.43. The van der Waals surface area contributed by atoms with Gasteiger partial charge in [0.05, 0.1) is 0 Å². The van der Waals surface area contributed by atoms with E-state index in [4.69, 9.17) is 4.74 Å². The summed E-state index contributed by atoms with van der Waals surface area (Å²) in [6, 6.07) is 0.441. The first kappa shape index (κ1) is 16.2. The fourth-order valence-corrected chi connectivity index (χ4v) is 2.31. The van der Waals surface area contributed by atoms with E-state index in [0.29, 0.717) is 6.04 Å². The number of hydrogen-bond donors (Lipinski definition) is 2. The normalized spacial score (nSPS) is 21.3. The van der Waals surface area contributed by atoms with Crippen LogP contribution < -0.4 is 10.6 Å². The van der Waals surface area contributed by atoms with Crippen molar-refractivity contribution >= 4 is 5.96 Å². The van der Waals surface area contributed by atoms with Crippen molar-refractivity contribution in [1.29, 1.82) is 0 Å². The predicted octanol–water partition coefficient (Wildman–Crippen LogP) is 1.06. The lowest BCUT2D eigenvalue weighted by Crippen LogP contribution is -2.57. The maximum Gasteiger partial charge on any atom is 0.191 e. The van der Waals surface area contributed by atoms with Crippen LogP contribution in [0.5, 0.6) is 0 Å². The molecule has 0 aromatic rings. The Bertz CT molecular complexity index is 285. The van der Waals surface area contributed by atoms with E-state index >= 15 is 0 Å². The molecule has 1 fully saturated rings. The third-order valence-corrected chi connectivity index (χ3v) is 4.18. The first-order valence-corrected chi connectivity index (χ1v) is 7.26.